The van der Waals surface area contributed by atoms with Crippen LogP contribution in [0.4, 0.5) is 5.69 Å². The largest absolute Gasteiger partial charge is 0.379 e. The van der Waals surface area contributed by atoms with Crippen LogP contribution in [0.15, 0.2) is 66.1 Å². The van der Waals surface area contributed by atoms with E-state index in [4.69, 9.17) is 4.74 Å². The molecule has 11 heteroatoms. The van der Waals surface area contributed by atoms with Gasteiger partial charge in [0.2, 0.25) is 10.0 Å². The maximum absolute atomic E-state index is 12.5. The van der Waals surface area contributed by atoms with E-state index in [0.717, 1.165) is 45.0 Å². The van der Waals surface area contributed by atoms with Gasteiger partial charge in [0.15, 0.2) is 0 Å². The van der Waals surface area contributed by atoms with Crippen molar-refractivity contribution < 1.29 is 17.9 Å². The lowest BCUT2D eigenvalue weighted by atomic mass is 10.2. The number of sulfonamides is 1. The van der Waals surface area contributed by atoms with Crippen molar-refractivity contribution in [2.45, 2.75) is 11.3 Å². The summed E-state index contributed by atoms with van der Waals surface area (Å²) in [4.78, 5) is 18.8. The molecule has 4 rings (SSSR count). The molecule has 0 aliphatic carbocycles. The summed E-state index contributed by atoms with van der Waals surface area (Å²) < 4.78 is 34.6. The van der Waals surface area contributed by atoms with Crippen molar-refractivity contribution in [3.63, 3.8) is 0 Å². The Kier molecular flexibility index (Phi) is 7.45. The molecular weight excluding hydrogens is 444 g/mol. The van der Waals surface area contributed by atoms with Gasteiger partial charge in [-0.2, -0.15) is 5.10 Å². The maximum Gasteiger partial charge on any atom is 0.255 e. The number of ether oxygens (including phenoxy) is 1. The van der Waals surface area contributed by atoms with Crippen LogP contribution in [0.5, 0.6) is 0 Å². The van der Waals surface area contributed by atoms with Crippen molar-refractivity contribution in [2.24, 2.45) is 0 Å². The maximum atomic E-state index is 12.5. The molecule has 1 fully saturated rings. The van der Waals surface area contributed by atoms with Crippen LogP contribution in [0.2, 0.25) is 0 Å². The Morgan fingerprint density at radius 2 is 1.76 bits per heavy atom. The van der Waals surface area contributed by atoms with Crippen LogP contribution in [0.25, 0.3) is 5.69 Å². The molecule has 2 N–H and O–H groups in total. The van der Waals surface area contributed by atoms with E-state index in [1.807, 2.05) is 0 Å². The number of carbonyl (C=O) groups is 1. The molecule has 10 nitrogen and oxygen atoms in total. The number of amides is 1. The zero-order valence-corrected chi connectivity index (χ0v) is 18.9. The summed E-state index contributed by atoms with van der Waals surface area (Å²) in [5.41, 5.74) is 1.76. The predicted octanol–water partition coefficient (Wildman–Crippen LogP) is 1.52. The van der Waals surface area contributed by atoms with Gasteiger partial charge < -0.3 is 10.1 Å². The minimum Gasteiger partial charge on any atom is -0.379 e. The third kappa shape index (κ3) is 6.23. The fraction of sp³-hybridized carbons (Fsp3) is 0.318. The standard InChI is InChI=1S/C22H26N6O4S/c29-22(18-2-6-20(7-3-18)28-17-23-16-24-28)26-19-4-8-21(9-5-19)33(30,31)25-10-1-11-27-12-14-32-15-13-27/h2-9,16-17,25H,1,10-15H2,(H,26,29). The van der Waals surface area contributed by atoms with Crippen LogP contribution in [0.1, 0.15) is 16.8 Å². The molecule has 0 atom stereocenters. The molecule has 0 spiro atoms. The van der Waals surface area contributed by atoms with Crippen molar-refractivity contribution in [1.29, 1.82) is 0 Å². The van der Waals surface area contributed by atoms with Gasteiger partial charge in [0.1, 0.15) is 12.7 Å². The average molecular weight is 471 g/mol. The lowest BCUT2D eigenvalue weighted by Crippen LogP contribution is -2.38. The van der Waals surface area contributed by atoms with E-state index in [9.17, 15) is 13.2 Å². The minimum absolute atomic E-state index is 0.157. The fourth-order valence-corrected chi connectivity index (χ4v) is 4.52. The monoisotopic (exact) mass is 470 g/mol. The third-order valence-corrected chi connectivity index (χ3v) is 6.76. The van der Waals surface area contributed by atoms with E-state index in [2.05, 4.69) is 25.0 Å². The number of carbonyl (C=O) groups excluding carboxylic acids is 1. The second-order valence-corrected chi connectivity index (χ2v) is 9.34. The van der Waals surface area contributed by atoms with Crippen molar-refractivity contribution in [1.82, 2.24) is 24.4 Å². The van der Waals surface area contributed by atoms with Gasteiger partial charge in [-0.15, -0.1) is 0 Å². The topological polar surface area (TPSA) is 118 Å². The van der Waals surface area contributed by atoms with Gasteiger partial charge >= 0.3 is 0 Å². The molecule has 0 unspecified atom stereocenters. The number of rotatable bonds is 9. The van der Waals surface area contributed by atoms with E-state index >= 15 is 0 Å². The van der Waals surface area contributed by atoms with Crippen molar-refractivity contribution >= 4 is 21.6 Å². The summed E-state index contributed by atoms with van der Waals surface area (Å²) in [6.07, 6.45) is 3.73. The summed E-state index contributed by atoms with van der Waals surface area (Å²) in [7, 11) is -3.61. The van der Waals surface area contributed by atoms with Crippen LogP contribution in [0, 0.1) is 0 Å². The van der Waals surface area contributed by atoms with Crippen LogP contribution < -0.4 is 10.0 Å². The van der Waals surface area contributed by atoms with Crippen LogP contribution in [0.3, 0.4) is 0 Å². The fourth-order valence-electron chi connectivity index (χ4n) is 3.45. The third-order valence-electron chi connectivity index (χ3n) is 5.28. The number of benzene rings is 2. The Bertz CT molecular complexity index is 1140. The molecule has 0 saturated carbocycles. The van der Waals surface area contributed by atoms with E-state index in [1.165, 1.54) is 18.5 Å². The molecule has 3 aromatic rings. The molecule has 1 aliphatic rings. The molecule has 2 aromatic carbocycles. The van der Waals surface area contributed by atoms with Gasteiger partial charge in [-0.25, -0.2) is 22.8 Å². The second-order valence-electron chi connectivity index (χ2n) is 7.57. The summed E-state index contributed by atoms with van der Waals surface area (Å²) in [5.74, 6) is -0.294. The van der Waals surface area contributed by atoms with Gasteiger partial charge in [0.25, 0.3) is 5.91 Å². The van der Waals surface area contributed by atoms with E-state index in [-0.39, 0.29) is 10.8 Å². The lowest BCUT2D eigenvalue weighted by Gasteiger charge is -2.26. The molecule has 1 saturated heterocycles. The number of hydrogen-bond donors (Lipinski definition) is 2. The summed E-state index contributed by atoms with van der Waals surface area (Å²) in [6, 6.07) is 13.0. The number of hydrogen-bond acceptors (Lipinski definition) is 7. The van der Waals surface area contributed by atoms with Gasteiger partial charge in [-0.05, 0) is 61.5 Å². The molecule has 0 radical (unpaired) electrons. The Hall–Kier alpha value is -3.12. The highest BCUT2D eigenvalue weighted by Gasteiger charge is 2.15. The predicted molar refractivity (Wildman–Crippen MR) is 123 cm³/mol. The van der Waals surface area contributed by atoms with E-state index in [1.54, 1.807) is 47.4 Å². The molecule has 33 heavy (non-hydrogen) atoms. The molecule has 0 bridgehead atoms. The number of morpholine rings is 1. The summed E-state index contributed by atoms with van der Waals surface area (Å²) in [6.45, 7) is 4.41. The Morgan fingerprint density at radius 3 is 2.42 bits per heavy atom. The summed E-state index contributed by atoms with van der Waals surface area (Å²) in [5, 5.41) is 6.82. The molecule has 1 aromatic heterocycles. The summed E-state index contributed by atoms with van der Waals surface area (Å²) >= 11 is 0. The van der Waals surface area contributed by atoms with Crippen LogP contribution >= 0.6 is 0 Å². The zero-order chi connectivity index (χ0) is 23.1. The molecule has 1 aliphatic heterocycles. The Labute approximate surface area is 192 Å². The molecule has 1 amide bonds. The van der Waals surface area contributed by atoms with Gasteiger partial charge in [0, 0.05) is 30.9 Å². The van der Waals surface area contributed by atoms with Gasteiger partial charge in [-0.1, -0.05) is 0 Å². The van der Waals surface area contributed by atoms with Crippen molar-refractivity contribution in [2.75, 3.05) is 44.7 Å². The van der Waals surface area contributed by atoms with Crippen molar-refractivity contribution in [3.8, 4) is 5.69 Å². The SMILES string of the molecule is O=C(Nc1ccc(S(=O)(=O)NCCCN2CCOCC2)cc1)c1ccc(-n2cncn2)cc1. The Morgan fingerprint density at radius 1 is 1.03 bits per heavy atom. The highest BCUT2D eigenvalue weighted by atomic mass is 32.2. The van der Waals surface area contributed by atoms with Crippen LogP contribution in [-0.2, 0) is 14.8 Å². The minimum atomic E-state index is -3.61. The first-order valence-corrected chi connectivity index (χ1v) is 12.2. The first kappa shape index (κ1) is 23.1. The second kappa shape index (κ2) is 10.7. The van der Waals surface area contributed by atoms with E-state index in [0.29, 0.717) is 17.8 Å². The molecular formula is C22H26N6O4S. The zero-order valence-electron chi connectivity index (χ0n) is 18.1. The lowest BCUT2D eigenvalue weighted by molar-refractivity contribution is 0.0376. The van der Waals surface area contributed by atoms with Crippen LogP contribution in [-0.4, -0.2) is 73.4 Å². The normalized spacial score (nSPS) is 14.8. The smallest absolute Gasteiger partial charge is 0.255 e. The molecule has 174 valence electrons. The number of nitrogens with zero attached hydrogens (tertiary/aromatic N) is 4. The van der Waals surface area contributed by atoms with E-state index < -0.39 is 10.0 Å². The van der Waals surface area contributed by atoms with Crippen molar-refractivity contribution in [3.05, 3.63) is 66.7 Å². The highest BCUT2D eigenvalue weighted by molar-refractivity contribution is 7.89. The number of anilines is 1. The first-order valence-electron chi connectivity index (χ1n) is 10.7. The molecule has 2 heterocycles. The van der Waals surface area contributed by atoms with Gasteiger partial charge in [-0.3, -0.25) is 9.69 Å². The highest BCUT2D eigenvalue weighted by Crippen LogP contribution is 2.16. The average Bonchev–Trinajstić information content (AvgIpc) is 3.38. The quantitative estimate of drug-likeness (QED) is 0.455. The number of aromatic nitrogens is 3. The van der Waals surface area contributed by atoms with Gasteiger partial charge in [0.05, 0.1) is 23.8 Å². The Balaban J connectivity index is 1.28. The number of nitrogens with one attached hydrogen (secondary N) is 2. The first-order chi connectivity index (χ1) is 16.0.